The fourth-order valence-electron chi connectivity index (χ4n) is 2.54. The number of nitrogens with one attached hydrogen (secondary N) is 2. The summed E-state index contributed by atoms with van der Waals surface area (Å²) in [6.45, 7) is 6.92. The van der Waals surface area contributed by atoms with Crippen LogP contribution in [0.2, 0.25) is 0 Å². The van der Waals surface area contributed by atoms with Crippen LogP contribution in [0.3, 0.4) is 0 Å². The number of fused-ring (bicyclic) bond motifs is 1. The summed E-state index contributed by atoms with van der Waals surface area (Å²) in [6.07, 6.45) is 3.33. The van der Waals surface area contributed by atoms with Gasteiger partial charge in [0.1, 0.15) is 0 Å². The lowest BCUT2D eigenvalue weighted by atomic mass is 10.1. The second-order valence-corrected chi connectivity index (χ2v) is 5.48. The summed E-state index contributed by atoms with van der Waals surface area (Å²) in [7, 11) is 0. The monoisotopic (exact) mass is 301 g/mol. The van der Waals surface area contributed by atoms with E-state index >= 15 is 0 Å². The summed E-state index contributed by atoms with van der Waals surface area (Å²) in [5, 5.41) is 5.47. The summed E-state index contributed by atoms with van der Waals surface area (Å²) in [5.74, 6) is -0.0666. The molecule has 2 N–H and O–H groups in total. The second-order valence-electron chi connectivity index (χ2n) is 5.48. The van der Waals surface area contributed by atoms with Crippen molar-refractivity contribution in [2.24, 2.45) is 0 Å². The third-order valence-electron chi connectivity index (χ3n) is 3.87. The van der Waals surface area contributed by atoms with Crippen molar-refractivity contribution in [1.82, 2.24) is 15.5 Å². The molecule has 118 valence electrons. The predicted molar refractivity (Wildman–Crippen MR) is 86.1 cm³/mol. The molecule has 0 radical (unpaired) electrons. The molecular weight excluding hydrogens is 278 g/mol. The van der Waals surface area contributed by atoms with Crippen molar-refractivity contribution in [1.29, 1.82) is 0 Å². The van der Waals surface area contributed by atoms with Gasteiger partial charge in [-0.2, -0.15) is 0 Å². The SMILES string of the molecule is C=CCC(CC)NC(=O)NCC(=O)N1Cc2ccccc2C1. The maximum Gasteiger partial charge on any atom is 0.315 e. The summed E-state index contributed by atoms with van der Waals surface area (Å²) in [6, 6.07) is 7.77. The molecule has 5 heteroatoms. The van der Waals surface area contributed by atoms with Crippen LogP contribution in [0.1, 0.15) is 30.9 Å². The topological polar surface area (TPSA) is 61.4 Å². The molecule has 1 unspecified atom stereocenters. The minimum absolute atomic E-state index is 0.0182. The van der Waals surface area contributed by atoms with Crippen LogP contribution < -0.4 is 10.6 Å². The van der Waals surface area contributed by atoms with Crippen LogP contribution in [0.15, 0.2) is 36.9 Å². The molecule has 1 aromatic rings. The van der Waals surface area contributed by atoms with E-state index in [1.54, 1.807) is 11.0 Å². The molecule has 0 saturated carbocycles. The lowest BCUT2D eigenvalue weighted by Crippen LogP contribution is -2.45. The largest absolute Gasteiger partial charge is 0.335 e. The highest BCUT2D eigenvalue weighted by Gasteiger charge is 2.23. The quantitative estimate of drug-likeness (QED) is 0.791. The Bertz CT molecular complexity index is 532. The van der Waals surface area contributed by atoms with E-state index in [0.29, 0.717) is 13.1 Å². The molecule has 0 bridgehead atoms. The molecule has 3 amide bonds. The van der Waals surface area contributed by atoms with Crippen LogP contribution in [0, 0.1) is 0 Å². The van der Waals surface area contributed by atoms with E-state index in [1.807, 2.05) is 31.2 Å². The van der Waals surface area contributed by atoms with Gasteiger partial charge in [-0.1, -0.05) is 37.3 Å². The zero-order valence-electron chi connectivity index (χ0n) is 13.0. The van der Waals surface area contributed by atoms with Gasteiger partial charge < -0.3 is 15.5 Å². The van der Waals surface area contributed by atoms with Gasteiger partial charge in [0.2, 0.25) is 5.91 Å². The van der Waals surface area contributed by atoms with Crippen molar-refractivity contribution >= 4 is 11.9 Å². The Kier molecular flexibility index (Phi) is 5.58. The van der Waals surface area contributed by atoms with Gasteiger partial charge in [-0.05, 0) is 24.0 Å². The molecule has 1 aliphatic heterocycles. The van der Waals surface area contributed by atoms with Gasteiger partial charge >= 0.3 is 6.03 Å². The normalized spacial score (nSPS) is 14.1. The molecule has 22 heavy (non-hydrogen) atoms. The zero-order chi connectivity index (χ0) is 15.9. The van der Waals surface area contributed by atoms with Gasteiger partial charge in [0.25, 0.3) is 0 Å². The van der Waals surface area contributed by atoms with Crippen molar-refractivity contribution in [3.05, 3.63) is 48.0 Å². The fraction of sp³-hybridized carbons (Fsp3) is 0.412. The molecule has 5 nitrogen and oxygen atoms in total. The Morgan fingerprint density at radius 2 is 1.95 bits per heavy atom. The molecule has 0 aromatic heterocycles. The predicted octanol–water partition coefficient (Wildman–Crippen LogP) is 2.18. The van der Waals surface area contributed by atoms with Crippen molar-refractivity contribution in [3.63, 3.8) is 0 Å². The summed E-state index contributed by atoms with van der Waals surface area (Å²) in [4.78, 5) is 25.7. The molecular formula is C17H23N3O2. The Hall–Kier alpha value is -2.30. The van der Waals surface area contributed by atoms with Crippen LogP contribution >= 0.6 is 0 Å². The minimum Gasteiger partial charge on any atom is -0.335 e. The van der Waals surface area contributed by atoms with Crippen LogP contribution in [0.25, 0.3) is 0 Å². The summed E-state index contributed by atoms with van der Waals surface area (Å²) >= 11 is 0. The highest BCUT2D eigenvalue weighted by atomic mass is 16.2. The Balaban J connectivity index is 1.77. The van der Waals surface area contributed by atoms with Crippen LogP contribution in [0.5, 0.6) is 0 Å². The van der Waals surface area contributed by atoms with E-state index in [0.717, 1.165) is 12.8 Å². The van der Waals surface area contributed by atoms with Crippen LogP contribution in [-0.4, -0.2) is 29.4 Å². The average molecular weight is 301 g/mol. The molecule has 2 rings (SSSR count). The third-order valence-corrected chi connectivity index (χ3v) is 3.87. The molecule has 1 heterocycles. The number of nitrogens with zero attached hydrogens (tertiary/aromatic N) is 1. The molecule has 0 saturated heterocycles. The third kappa shape index (κ3) is 4.10. The van der Waals surface area contributed by atoms with E-state index in [-0.39, 0.29) is 24.5 Å². The number of carbonyl (C=O) groups is 2. The van der Waals surface area contributed by atoms with E-state index in [2.05, 4.69) is 17.2 Å². The lowest BCUT2D eigenvalue weighted by molar-refractivity contribution is -0.130. The lowest BCUT2D eigenvalue weighted by Gasteiger charge is -2.18. The van der Waals surface area contributed by atoms with E-state index in [1.165, 1.54) is 11.1 Å². The molecule has 1 aromatic carbocycles. The Morgan fingerprint density at radius 1 is 1.32 bits per heavy atom. The first-order valence-corrected chi connectivity index (χ1v) is 7.63. The van der Waals surface area contributed by atoms with Gasteiger partial charge in [-0.25, -0.2) is 4.79 Å². The smallest absolute Gasteiger partial charge is 0.315 e. The number of urea groups is 1. The van der Waals surface area contributed by atoms with Crippen molar-refractivity contribution in [3.8, 4) is 0 Å². The highest BCUT2D eigenvalue weighted by molar-refractivity contribution is 5.84. The number of amides is 3. The summed E-state index contributed by atoms with van der Waals surface area (Å²) in [5.41, 5.74) is 2.36. The standard InChI is InChI=1S/C17H23N3O2/c1-3-7-15(4-2)19-17(22)18-10-16(21)20-11-13-8-5-6-9-14(13)12-20/h3,5-6,8-9,15H,1,4,7,10-12H2,2H3,(H2,18,19,22). The van der Waals surface area contributed by atoms with Gasteiger partial charge in [0.15, 0.2) is 0 Å². The van der Waals surface area contributed by atoms with Gasteiger partial charge in [-0.3, -0.25) is 4.79 Å². The number of hydrogen-bond acceptors (Lipinski definition) is 2. The highest BCUT2D eigenvalue weighted by Crippen LogP contribution is 2.21. The summed E-state index contributed by atoms with van der Waals surface area (Å²) < 4.78 is 0. The molecule has 1 atom stereocenters. The first-order valence-electron chi connectivity index (χ1n) is 7.63. The maximum absolute atomic E-state index is 12.2. The van der Waals surface area contributed by atoms with Crippen molar-refractivity contribution in [2.45, 2.75) is 38.9 Å². The second kappa shape index (κ2) is 7.64. The van der Waals surface area contributed by atoms with Gasteiger partial charge in [0.05, 0.1) is 6.54 Å². The van der Waals surface area contributed by atoms with Crippen LogP contribution in [0.4, 0.5) is 4.79 Å². The number of benzene rings is 1. The minimum atomic E-state index is -0.307. The first-order chi connectivity index (χ1) is 10.6. The van der Waals surface area contributed by atoms with Gasteiger partial charge in [-0.15, -0.1) is 6.58 Å². The van der Waals surface area contributed by atoms with Crippen molar-refractivity contribution < 1.29 is 9.59 Å². The first kappa shape index (κ1) is 16.1. The maximum atomic E-state index is 12.2. The Labute approximate surface area is 131 Å². The zero-order valence-corrected chi connectivity index (χ0v) is 13.0. The average Bonchev–Trinajstić information content (AvgIpc) is 2.96. The number of carbonyl (C=O) groups excluding carboxylic acids is 2. The Morgan fingerprint density at radius 3 is 2.50 bits per heavy atom. The molecule has 1 aliphatic rings. The van der Waals surface area contributed by atoms with Gasteiger partial charge in [0, 0.05) is 19.1 Å². The van der Waals surface area contributed by atoms with E-state index < -0.39 is 0 Å². The number of hydrogen-bond donors (Lipinski definition) is 2. The fourth-order valence-corrected chi connectivity index (χ4v) is 2.54. The van der Waals surface area contributed by atoms with E-state index in [9.17, 15) is 9.59 Å². The van der Waals surface area contributed by atoms with E-state index in [4.69, 9.17) is 0 Å². The molecule has 0 aliphatic carbocycles. The molecule has 0 fully saturated rings. The number of rotatable bonds is 6. The van der Waals surface area contributed by atoms with Crippen LogP contribution in [-0.2, 0) is 17.9 Å². The van der Waals surface area contributed by atoms with Crippen molar-refractivity contribution in [2.75, 3.05) is 6.54 Å². The molecule has 0 spiro atoms.